The van der Waals surface area contributed by atoms with Gasteiger partial charge in [0.25, 0.3) is 0 Å². The van der Waals surface area contributed by atoms with E-state index >= 15 is 0 Å². The Labute approximate surface area is 160 Å². The van der Waals surface area contributed by atoms with E-state index < -0.39 is 11.8 Å². The van der Waals surface area contributed by atoms with Crippen LogP contribution < -0.4 is 39.0 Å². The number of ketones is 1. The number of methoxy groups -OCH3 is 2. The maximum absolute atomic E-state index is 12.5. The zero-order valence-corrected chi connectivity index (χ0v) is 15.4. The fraction of sp³-hybridized carbons (Fsp3) is 0.143. The molecule has 1 aromatic heterocycles. The molecule has 1 aromatic carbocycles. The maximum Gasteiger partial charge on any atom is 1.00 e. The summed E-state index contributed by atoms with van der Waals surface area (Å²) in [5.74, 6) is -2.02. The van der Waals surface area contributed by atoms with Gasteiger partial charge in [-0.15, -0.1) is 0 Å². The van der Waals surface area contributed by atoms with Crippen molar-refractivity contribution in [2.75, 3.05) is 14.2 Å². The minimum Gasteiger partial charge on any atom is -1.00 e. The number of aromatic nitrogens is 2. The molecule has 0 saturated carbocycles. The molecule has 116 valence electrons. The topological polar surface area (TPSA) is 98.6 Å². The van der Waals surface area contributed by atoms with E-state index in [0.717, 1.165) is 0 Å². The zero-order valence-electron chi connectivity index (χ0n) is 13.7. The number of benzene rings is 1. The largest absolute Gasteiger partial charge is 1.00 e. The van der Waals surface area contributed by atoms with Crippen LogP contribution in [0.4, 0.5) is 0 Å². The summed E-state index contributed by atoms with van der Waals surface area (Å²) in [5, 5.41) is 9.17. The first-order chi connectivity index (χ1) is 10.5. The number of hydrogen-bond acceptors (Lipinski definition) is 6. The van der Waals surface area contributed by atoms with E-state index in [4.69, 9.17) is 21.1 Å². The van der Waals surface area contributed by atoms with Crippen LogP contribution in [-0.4, -0.2) is 41.0 Å². The summed E-state index contributed by atoms with van der Waals surface area (Å²) in [6, 6.07) is 5.59. The number of rotatable bonds is 5. The molecule has 0 unspecified atom stereocenters. The predicted octanol–water partition coefficient (Wildman–Crippen LogP) is -0.807. The summed E-state index contributed by atoms with van der Waals surface area (Å²) in [6.07, 6.45) is 0. The van der Waals surface area contributed by atoms with Gasteiger partial charge in [-0.3, -0.25) is 4.79 Å². The summed E-state index contributed by atoms with van der Waals surface area (Å²) in [7, 11) is 2.75. The average Bonchev–Trinajstić information content (AvgIpc) is 2.52. The minimum atomic E-state index is -1.32. The first-order valence-electron chi connectivity index (χ1n) is 6.01. The van der Waals surface area contributed by atoms with Crippen LogP contribution in [0.15, 0.2) is 24.3 Å². The molecule has 0 radical (unpaired) electrons. The number of ether oxygens (including phenoxy) is 2. The number of carbonyl (C=O) groups is 2. The van der Waals surface area contributed by atoms with E-state index in [9.17, 15) is 14.7 Å². The van der Waals surface area contributed by atoms with E-state index in [0.29, 0.717) is 0 Å². The third-order valence-electron chi connectivity index (χ3n) is 2.77. The smallest absolute Gasteiger partial charge is 1.00 e. The van der Waals surface area contributed by atoms with E-state index in [1.54, 1.807) is 0 Å². The van der Waals surface area contributed by atoms with Crippen molar-refractivity contribution in [2.24, 2.45) is 0 Å². The molecule has 0 bridgehead atoms. The molecular weight excluding hydrogens is 335 g/mol. The molecule has 0 aliphatic rings. The summed E-state index contributed by atoms with van der Waals surface area (Å²) in [4.78, 5) is 31.6. The van der Waals surface area contributed by atoms with Crippen molar-refractivity contribution in [2.45, 2.75) is 0 Å². The standard InChI is InChI=1S/C14H11ClN2O5.Na.H/c1-21-9-6-10(22-2)17-13(16-9)12(18)7-4-3-5-8(15)11(7)14(19)20;;/h3-6H,1-2H3,(H,19,20);;/q;+1;-1. The first kappa shape index (κ1) is 19.4. The molecule has 0 fully saturated rings. The minimum absolute atomic E-state index is 0. The van der Waals surface area contributed by atoms with Gasteiger partial charge in [0.15, 0.2) is 0 Å². The molecule has 2 rings (SSSR count). The summed E-state index contributed by atoms with van der Waals surface area (Å²) < 4.78 is 9.92. The molecule has 0 amide bonds. The number of carbonyl (C=O) groups excluding carboxylic acids is 1. The Kier molecular flexibility index (Phi) is 6.96. The summed E-state index contributed by atoms with van der Waals surface area (Å²) in [5.41, 5.74) is -0.421. The molecule has 0 saturated heterocycles. The molecule has 23 heavy (non-hydrogen) atoms. The van der Waals surface area contributed by atoms with Crippen LogP contribution in [0.1, 0.15) is 28.0 Å². The molecule has 2 aromatic rings. The second-order valence-corrected chi connectivity index (χ2v) is 4.48. The monoisotopic (exact) mass is 346 g/mol. The van der Waals surface area contributed by atoms with Crippen molar-refractivity contribution in [3.05, 3.63) is 46.2 Å². The van der Waals surface area contributed by atoms with Gasteiger partial charge in [0.1, 0.15) is 0 Å². The fourth-order valence-electron chi connectivity index (χ4n) is 1.77. The van der Waals surface area contributed by atoms with Crippen molar-refractivity contribution >= 4 is 23.4 Å². The fourth-order valence-corrected chi connectivity index (χ4v) is 2.02. The number of halogens is 1. The van der Waals surface area contributed by atoms with E-state index in [-0.39, 0.29) is 64.7 Å². The quantitative estimate of drug-likeness (QED) is 0.558. The van der Waals surface area contributed by atoms with Crippen molar-refractivity contribution < 1.29 is 55.2 Å². The van der Waals surface area contributed by atoms with Crippen molar-refractivity contribution in [1.82, 2.24) is 9.97 Å². The number of aromatic carboxylic acids is 1. The average molecular weight is 347 g/mol. The van der Waals surface area contributed by atoms with Gasteiger partial charge in [-0.1, -0.05) is 17.7 Å². The van der Waals surface area contributed by atoms with Crippen LogP contribution >= 0.6 is 11.6 Å². The van der Waals surface area contributed by atoms with Crippen LogP contribution in [0, 0.1) is 0 Å². The van der Waals surface area contributed by atoms with Gasteiger partial charge in [0.05, 0.1) is 30.9 Å². The molecular formula is C14H12ClN2NaO5. The third-order valence-corrected chi connectivity index (χ3v) is 3.09. The molecule has 1 N–H and O–H groups in total. The Morgan fingerprint density at radius 2 is 1.74 bits per heavy atom. The molecule has 0 atom stereocenters. The Morgan fingerprint density at radius 3 is 2.22 bits per heavy atom. The maximum atomic E-state index is 12.5. The Bertz CT molecular complexity index is 738. The van der Waals surface area contributed by atoms with Gasteiger partial charge in [0.2, 0.25) is 23.4 Å². The van der Waals surface area contributed by atoms with Gasteiger partial charge in [0, 0.05) is 5.56 Å². The SMILES string of the molecule is COc1cc(OC)nc(C(=O)c2cccc(Cl)c2C(=O)O)n1.[H-].[Na+]. The van der Waals surface area contributed by atoms with Gasteiger partial charge < -0.3 is 16.0 Å². The van der Waals surface area contributed by atoms with Crippen molar-refractivity contribution in [3.63, 3.8) is 0 Å². The number of carboxylic acid groups (broad SMARTS) is 1. The van der Waals surface area contributed by atoms with E-state index in [1.807, 2.05) is 0 Å². The number of carboxylic acids is 1. The first-order valence-corrected chi connectivity index (χ1v) is 6.39. The number of nitrogens with zero attached hydrogens (tertiary/aromatic N) is 2. The Balaban J connectivity index is 0.00000264. The van der Waals surface area contributed by atoms with Gasteiger partial charge in [-0.25, -0.2) is 4.79 Å². The summed E-state index contributed by atoms with van der Waals surface area (Å²) in [6.45, 7) is 0. The molecule has 9 heteroatoms. The van der Waals surface area contributed by atoms with Crippen molar-refractivity contribution in [1.29, 1.82) is 0 Å². The molecule has 1 heterocycles. The van der Waals surface area contributed by atoms with Gasteiger partial charge in [-0.2, -0.15) is 9.97 Å². The van der Waals surface area contributed by atoms with Crippen LogP contribution in [0.25, 0.3) is 0 Å². The Hall–Kier alpha value is -1.67. The normalized spacial score (nSPS) is 9.70. The molecule has 0 aliphatic heterocycles. The Morgan fingerprint density at radius 1 is 1.17 bits per heavy atom. The van der Waals surface area contributed by atoms with Crippen molar-refractivity contribution in [3.8, 4) is 11.8 Å². The second-order valence-electron chi connectivity index (χ2n) is 4.07. The molecule has 0 aliphatic carbocycles. The van der Waals surface area contributed by atoms with Crippen LogP contribution in [0.3, 0.4) is 0 Å². The van der Waals surface area contributed by atoms with Crippen LogP contribution in [0.2, 0.25) is 5.02 Å². The molecule has 0 spiro atoms. The van der Waals surface area contributed by atoms with Crippen LogP contribution in [0.5, 0.6) is 11.8 Å². The number of hydrogen-bond donors (Lipinski definition) is 1. The third kappa shape index (κ3) is 4.20. The second kappa shape index (κ2) is 8.26. The van der Waals surface area contributed by atoms with Crippen LogP contribution in [-0.2, 0) is 0 Å². The van der Waals surface area contributed by atoms with E-state index in [1.165, 1.54) is 38.5 Å². The van der Waals surface area contributed by atoms with Gasteiger partial charge in [-0.05, 0) is 12.1 Å². The predicted molar refractivity (Wildman–Crippen MR) is 78.1 cm³/mol. The summed E-state index contributed by atoms with van der Waals surface area (Å²) >= 11 is 5.85. The van der Waals surface area contributed by atoms with E-state index in [2.05, 4.69) is 9.97 Å². The van der Waals surface area contributed by atoms with Gasteiger partial charge >= 0.3 is 35.5 Å². The molecule has 7 nitrogen and oxygen atoms in total. The zero-order chi connectivity index (χ0) is 16.3.